The Bertz CT molecular complexity index is 867. The smallest absolute Gasteiger partial charge is 0.277 e. The van der Waals surface area contributed by atoms with Gasteiger partial charge in [-0.1, -0.05) is 29.3 Å². The molecule has 3 rings (SSSR count). The quantitative estimate of drug-likeness (QED) is 0.689. The fraction of sp³-hybridized carbons (Fsp3) is 0.143. The van der Waals surface area contributed by atoms with Crippen LogP contribution in [0.5, 0.6) is 0 Å². The number of benzene rings is 1. The van der Waals surface area contributed by atoms with Gasteiger partial charge in [0.25, 0.3) is 5.91 Å². The molecule has 7 nitrogen and oxygen atoms in total. The fourth-order valence-corrected chi connectivity index (χ4v) is 3.15. The van der Waals surface area contributed by atoms with Crippen LogP contribution in [0.4, 0.5) is 5.95 Å². The summed E-state index contributed by atoms with van der Waals surface area (Å²) in [6.07, 6.45) is 3.04. The maximum atomic E-state index is 12.3. The second-order valence-electron chi connectivity index (χ2n) is 4.88. The Balaban J connectivity index is 1.76. The molecule has 0 aliphatic heterocycles. The highest BCUT2D eigenvalue weighted by Crippen LogP contribution is 2.25. The maximum Gasteiger partial charge on any atom is 0.277 e. The van der Waals surface area contributed by atoms with Crippen LogP contribution in [0.15, 0.2) is 35.2 Å². The molecule has 24 heavy (non-hydrogen) atoms. The number of halogens is 3. The number of amides is 1. The summed E-state index contributed by atoms with van der Waals surface area (Å²) in [4.78, 5) is 16.3. The molecule has 1 amide bonds. The minimum absolute atomic E-state index is 0.177. The van der Waals surface area contributed by atoms with E-state index in [1.54, 1.807) is 36.1 Å². The first kappa shape index (κ1) is 16.9. The predicted octanol–water partition coefficient (Wildman–Crippen LogP) is 3.38. The summed E-state index contributed by atoms with van der Waals surface area (Å²) < 4.78 is 3.59. The van der Waals surface area contributed by atoms with Crippen molar-refractivity contribution in [2.75, 3.05) is 5.32 Å². The van der Waals surface area contributed by atoms with E-state index in [2.05, 4.69) is 36.4 Å². The van der Waals surface area contributed by atoms with E-state index < -0.39 is 0 Å². The van der Waals surface area contributed by atoms with Gasteiger partial charge in [0.2, 0.25) is 5.95 Å². The van der Waals surface area contributed by atoms with Crippen LogP contribution in [0.2, 0.25) is 10.0 Å². The third-order valence-electron chi connectivity index (χ3n) is 3.25. The van der Waals surface area contributed by atoms with Crippen molar-refractivity contribution in [1.82, 2.24) is 24.5 Å². The number of rotatable bonds is 4. The van der Waals surface area contributed by atoms with Crippen LogP contribution in [0.25, 0.3) is 0 Å². The molecule has 1 aromatic carbocycles. The SMILES string of the molecule is Cn1ncc(Br)c1C(=O)Nc1ncn(Cc2c(Cl)cccc2Cl)n1. The normalized spacial score (nSPS) is 10.8. The summed E-state index contributed by atoms with van der Waals surface area (Å²) in [7, 11) is 1.67. The molecular formula is C14H11BrCl2N6O. The maximum absolute atomic E-state index is 12.3. The average molecular weight is 430 g/mol. The van der Waals surface area contributed by atoms with Crippen LogP contribution in [0.3, 0.4) is 0 Å². The molecule has 0 aliphatic carbocycles. The van der Waals surface area contributed by atoms with Gasteiger partial charge in [0.15, 0.2) is 0 Å². The van der Waals surface area contributed by atoms with E-state index in [0.29, 0.717) is 26.8 Å². The largest absolute Gasteiger partial charge is 0.288 e. The molecule has 0 saturated heterocycles. The van der Waals surface area contributed by atoms with E-state index in [0.717, 1.165) is 5.56 Å². The number of anilines is 1. The lowest BCUT2D eigenvalue weighted by atomic mass is 10.2. The van der Waals surface area contributed by atoms with Crippen LogP contribution in [0.1, 0.15) is 16.1 Å². The van der Waals surface area contributed by atoms with E-state index in [1.807, 2.05) is 0 Å². The Morgan fingerprint density at radius 2 is 2.04 bits per heavy atom. The van der Waals surface area contributed by atoms with Gasteiger partial charge >= 0.3 is 0 Å². The predicted molar refractivity (Wildman–Crippen MR) is 94.4 cm³/mol. The van der Waals surface area contributed by atoms with Crippen molar-refractivity contribution in [3.63, 3.8) is 0 Å². The van der Waals surface area contributed by atoms with Crippen molar-refractivity contribution >= 4 is 51.0 Å². The summed E-state index contributed by atoms with van der Waals surface area (Å²) in [6, 6.07) is 5.28. The lowest BCUT2D eigenvalue weighted by Gasteiger charge is -2.06. The van der Waals surface area contributed by atoms with Gasteiger partial charge in [0.1, 0.15) is 12.0 Å². The third-order valence-corrected chi connectivity index (χ3v) is 4.54. The third kappa shape index (κ3) is 3.45. The van der Waals surface area contributed by atoms with Gasteiger partial charge in [-0.05, 0) is 28.1 Å². The molecular weight excluding hydrogens is 419 g/mol. The Morgan fingerprint density at radius 1 is 1.33 bits per heavy atom. The highest BCUT2D eigenvalue weighted by molar-refractivity contribution is 9.10. The van der Waals surface area contributed by atoms with Crippen molar-refractivity contribution in [2.45, 2.75) is 6.54 Å². The summed E-state index contributed by atoms with van der Waals surface area (Å²) in [5.74, 6) is -0.188. The molecule has 2 heterocycles. The second kappa shape index (κ2) is 6.92. The van der Waals surface area contributed by atoms with Crippen LogP contribution in [-0.4, -0.2) is 30.5 Å². The number of carbonyl (C=O) groups excluding carboxylic acids is 1. The van der Waals surface area contributed by atoms with Crippen molar-refractivity contribution in [3.8, 4) is 0 Å². The number of nitrogens with one attached hydrogen (secondary N) is 1. The Labute approximate surface area is 155 Å². The first-order valence-electron chi connectivity index (χ1n) is 6.77. The zero-order valence-corrected chi connectivity index (χ0v) is 15.5. The van der Waals surface area contributed by atoms with Crippen molar-refractivity contribution in [2.24, 2.45) is 7.05 Å². The van der Waals surface area contributed by atoms with Crippen LogP contribution >= 0.6 is 39.1 Å². The van der Waals surface area contributed by atoms with Gasteiger partial charge in [-0.3, -0.25) is 14.8 Å². The summed E-state index contributed by atoms with van der Waals surface area (Å²) in [5.41, 5.74) is 1.11. The van der Waals surface area contributed by atoms with Gasteiger partial charge in [-0.25, -0.2) is 9.67 Å². The van der Waals surface area contributed by atoms with E-state index in [-0.39, 0.29) is 11.9 Å². The van der Waals surface area contributed by atoms with Gasteiger partial charge < -0.3 is 0 Å². The lowest BCUT2D eigenvalue weighted by Crippen LogP contribution is -2.17. The minimum Gasteiger partial charge on any atom is -0.288 e. The molecule has 0 bridgehead atoms. The molecule has 0 radical (unpaired) electrons. The Morgan fingerprint density at radius 3 is 2.67 bits per heavy atom. The minimum atomic E-state index is -0.365. The molecule has 0 saturated carbocycles. The Hall–Kier alpha value is -1.90. The molecule has 3 aromatic rings. The number of nitrogens with zero attached hydrogens (tertiary/aromatic N) is 5. The molecule has 1 N–H and O–H groups in total. The standard InChI is InChI=1S/C14H11BrCl2N6O/c1-22-12(9(15)5-19-22)13(24)20-14-18-7-23(21-14)6-8-10(16)3-2-4-11(8)17/h2-5,7H,6H2,1H3,(H,20,21,24). The number of hydrogen-bond acceptors (Lipinski definition) is 4. The van der Waals surface area contributed by atoms with Crippen molar-refractivity contribution in [3.05, 3.63) is 56.5 Å². The molecule has 0 spiro atoms. The van der Waals surface area contributed by atoms with E-state index >= 15 is 0 Å². The van der Waals surface area contributed by atoms with E-state index in [9.17, 15) is 4.79 Å². The van der Waals surface area contributed by atoms with Gasteiger partial charge in [0, 0.05) is 22.7 Å². The van der Waals surface area contributed by atoms with Crippen molar-refractivity contribution < 1.29 is 4.79 Å². The summed E-state index contributed by atoms with van der Waals surface area (Å²) >= 11 is 15.6. The zero-order chi connectivity index (χ0) is 17.3. The monoisotopic (exact) mass is 428 g/mol. The summed E-state index contributed by atoms with van der Waals surface area (Å²) in [5, 5.41) is 11.9. The van der Waals surface area contributed by atoms with Gasteiger partial charge in [-0.2, -0.15) is 5.10 Å². The molecule has 2 aromatic heterocycles. The molecule has 0 unspecified atom stereocenters. The number of hydrogen-bond donors (Lipinski definition) is 1. The molecule has 10 heteroatoms. The van der Waals surface area contributed by atoms with Crippen molar-refractivity contribution in [1.29, 1.82) is 0 Å². The Kier molecular flexibility index (Phi) is 4.88. The molecule has 0 atom stereocenters. The van der Waals surface area contributed by atoms with E-state index in [1.165, 1.54) is 11.0 Å². The fourth-order valence-electron chi connectivity index (χ4n) is 2.10. The number of carbonyl (C=O) groups is 1. The topological polar surface area (TPSA) is 77.6 Å². The highest BCUT2D eigenvalue weighted by atomic mass is 79.9. The summed E-state index contributed by atoms with van der Waals surface area (Å²) in [6.45, 7) is 0.344. The highest BCUT2D eigenvalue weighted by Gasteiger charge is 2.17. The number of aromatic nitrogens is 5. The second-order valence-corrected chi connectivity index (χ2v) is 6.55. The zero-order valence-electron chi connectivity index (χ0n) is 12.4. The van der Waals surface area contributed by atoms with Crippen LogP contribution in [-0.2, 0) is 13.6 Å². The first-order chi connectivity index (χ1) is 11.5. The van der Waals surface area contributed by atoms with E-state index in [4.69, 9.17) is 23.2 Å². The van der Waals surface area contributed by atoms with Crippen LogP contribution in [0, 0.1) is 0 Å². The lowest BCUT2D eigenvalue weighted by molar-refractivity contribution is 0.101. The molecule has 0 fully saturated rings. The first-order valence-corrected chi connectivity index (χ1v) is 8.32. The molecule has 0 aliphatic rings. The average Bonchev–Trinajstić information content (AvgIpc) is 3.10. The van der Waals surface area contributed by atoms with Gasteiger partial charge in [0.05, 0.1) is 17.2 Å². The molecule has 124 valence electrons. The van der Waals surface area contributed by atoms with Crippen LogP contribution < -0.4 is 5.32 Å². The van der Waals surface area contributed by atoms with Gasteiger partial charge in [-0.15, -0.1) is 5.10 Å². The number of aryl methyl sites for hydroxylation is 1.